The van der Waals surface area contributed by atoms with Crippen LogP contribution in [0.5, 0.6) is 0 Å². The summed E-state index contributed by atoms with van der Waals surface area (Å²) in [5.74, 6) is -0.227. The third-order valence-corrected chi connectivity index (χ3v) is 7.38. The van der Waals surface area contributed by atoms with Crippen LogP contribution >= 0.6 is 0 Å². The van der Waals surface area contributed by atoms with Crippen LogP contribution < -0.4 is 15.4 Å². The summed E-state index contributed by atoms with van der Waals surface area (Å²) >= 11 is 0. The summed E-state index contributed by atoms with van der Waals surface area (Å²) in [7, 11) is -3.59. The van der Waals surface area contributed by atoms with E-state index in [2.05, 4.69) is 21.4 Å². The second-order valence-electron chi connectivity index (χ2n) is 9.84. The van der Waals surface area contributed by atoms with Crippen LogP contribution in [0.25, 0.3) is 5.65 Å². The zero-order valence-electron chi connectivity index (χ0n) is 20.5. The number of aryl methyl sites for hydroxylation is 2. The minimum atomic E-state index is -3.59. The summed E-state index contributed by atoms with van der Waals surface area (Å²) in [6, 6.07) is 7.54. The molecule has 3 aromatic rings. The molecule has 1 aliphatic heterocycles. The van der Waals surface area contributed by atoms with E-state index in [0.717, 1.165) is 66.0 Å². The van der Waals surface area contributed by atoms with Crippen molar-refractivity contribution in [1.29, 1.82) is 0 Å². The van der Waals surface area contributed by atoms with Crippen LogP contribution in [-0.4, -0.2) is 52.9 Å². The van der Waals surface area contributed by atoms with Crippen molar-refractivity contribution < 1.29 is 18.3 Å². The van der Waals surface area contributed by atoms with Crippen LogP contribution in [-0.2, 0) is 22.9 Å². The van der Waals surface area contributed by atoms with Gasteiger partial charge in [0, 0.05) is 23.4 Å². The molecule has 2 aliphatic rings. The molecule has 3 heterocycles. The van der Waals surface area contributed by atoms with Crippen molar-refractivity contribution in [2.45, 2.75) is 64.0 Å². The first-order valence-corrected chi connectivity index (χ1v) is 14.3. The van der Waals surface area contributed by atoms with Crippen LogP contribution in [0.2, 0.25) is 0 Å². The maximum absolute atomic E-state index is 11.8. The van der Waals surface area contributed by atoms with Gasteiger partial charge < -0.3 is 15.7 Å². The maximum Gasteiger partial charge on any atom is 0.337 e. The highest BCUT2D eigenvalue weighted by Gasteiger charge is 2.26. The second-order valence-corrected chi connectivity index (χ2v) is 11.6. The Balaban J connectivity index is 1.45. The fourth-order valence-corrected chi connectivity index (χ4v) is 5.37. The van der Waals surface area contributed by atoms with Crippen molar-refractivity contribution in [3.05, 3.63) is 52.3 Å². The second kappa shape index (κ2) is 9.70. The number of benzene rings is 1. The molecule has 1 saturated heterocycles. The van der Waals surface area contributed by atoms with Crippen molar-refractivity contribution in [3.63, 3.8) is 0 Å². The van der Waals surface area contributed by atoms with Gasteiger partial charge in [-0.2, -0.15) is 9.61 Å². The standard InChI is InChI=1S/C25H32N6O4S/c1-15-18(10-6-16-7-11-20(30-36(2,34)35)19(13-16)25(32)33)24(28-17-8-9-17)31-23(27-15)14-22(29-31)21-5-3-4-12-26-21/h7,11,13-14,17,21,26,28,30H,3-6,8-10,12H2,1-2H3,(H,32,33)/t21-/m0/s1. The lowest BCUT2D eigenvalue weighted by Crippen LogP contribution is -2.27. The van der Waals surface area contributed by atoms with Gasteiger partial charge in [-0.1, -0.05) is 12.5 Å². The van der Waals surface area contributed by atoms with Crippen molar-refractivity contribution in [1.82, 2.24) is 19.9 Å². The Morgan fingerprint density at radius 3 is 2.67 bits per heavy atom. The molecular weight excluding hydrogens is 480 g/mol. The first kappa shape index (κ1) is 24.5. The largest absolute Gasteiger partial charge is 0.478 e. The van der Waals surface area contributed by atoms with E-state index >= 15 is 0 Å². The number of aromatic carboxylic acids is 1. The number of hydrogen-bond donors (Lipinski definition) is 4. The SMILES string of the molecule is Cc1nc2cc([C@@H]3CCCCN3)nn2c(NC2CC2)c1CCc1ccc(NS(C)(=O)=O)c(C(=O)O)c1. The van der Waals surface area contributed by atoms with E-state index in [1.165, 1.54) is 25.0 Å². The number of sulfonamides is 1. The molecule has 4 N–H and O–H groups in total. The Morgan fingerprint density at radius 1 is 1.19 bits per heavy atom. The summed E-state index contributed by atoms with van der Waals surface area (Å²) in [4.78, 5) is 16.6. The number of carboxylic acids is 1. The molecule has 1 atom stereocenters. The Hall–Kier alpha value is -3.18. The molecule has 2 fully saturated rings. The van der Waals surface area contributed by atoms with Gasteiger partial charge in [0.25, 0.3) is 0 Å². The minimum Gasteiger partial charge on any atom is -0.478 e. The number of piperidine rings is 1. The van der Waals surface area contributed by atoms with Crippen LogP contribution in [0, 0.1) is 6.92 Å². The fraction of sp³-hybridized carbons (Fsp3) is 0.480. The van der Waals surface area contributed by atoms with Crippen molar-refractivity contribution in [3.8, 4) is 0 Å². The molecule has 0 spiro atoms. The molecule has 1 saturated carbocycles. The van der Waals surface area contributed by atoms with Gasteiger partial charge in [0.15, 0.2) is 5.65 Å². The molecule has 1 aromatic carbocycles. The Labute approximate surface area is 210 Å². The molecule has 0 radical (unpaired) electrons. The summed E-state index contributed by atoms with van der Waals surface area (Å²) in [5, 5.41) is 21.8. The van der Waals surface area contributed by atoms with Crippen LogP contribution in [0.15, 0.2) is 24.3 Å². The maximum atomic E-state index is 11.8. The Bertz CT molecular complexity index is 1410. The van der Waals surface area contributed by atoms with E-state index in [1.807, 2.05) is 11.4 Å². The summed E-state index contributed by atoms with van der Waals surface area (Å²) in [5.41, 5.74) is 4.60. The number of anilines is 2. The van der Waals surface area contributed by atoms with Crippen LogP contribution in [0.1, 0.15) is 71.0 Å². The van der Waals surface area contributed by atoms with Gasteiger partial charge in [-0.15, -0.1) is 0 Å². The molecule has 192 valence electrons. The zero-order valence-corrected chi connectivity index (χ0v) is 21.4. The molecule has 1 aliphatic carbocycles. The molecule has 0 bridgehead atoms. The average Bonchev–Trinajstić information content (AvgIpc) is 3.55. The number of rotatable bonds is 9. The molecule has 0 amide bonds. The Kier molecular flexibility index (Phi) is 6.60. The first-order valence-electron chi connectivity index (χ1n) is 12.4. The molecule has 5 rings (SSSR count). The fourth-order valence-electron chi connectivity index (χ4n) is 4.80. The zero-order chi connectivity index (χ0) is 25.4. The minimum absolute atomic E-state index is 0.0597. The highest BCUT2D eigenvalue weighted by atomic mass is 32.2. The number of nitrogens with one attached hydrogen (secondary N) is 3. The molecule has 2 aromatic heterocycles. The number of nitrogens with zero attached hydrogens (tertiary/aromatic N) is 3. The predicted molar refractivity (Wildman–Crippen MR) is 138 cm³/mol. The highest BCUT2D eigenvalue weighted by molar-refractivity contribution is 7.92. The van der Waals surface area contributed by atoms with Crippen molar-refractivity contribution in [2.24, 2.45) is 0 Å². The number of fused-ring (bicyclic) bond motifs is 1. The van der Waals surface area contributed by atoms with Gasteiger partial charge in [-0.25, -0.2) is 18.2 Å². The molecular formula is C25H32N6O4S. The van der Waals surface area contributed by atoms with Gasteiger partial charge in [0.05, 0.1) is 29.2 Å². The third-order valence-electron chi connectivity index (χ3n) is 6.79. The quantitative estimate of drug-likeness (QED) is 0.343. The normalized spacial score (nSPS) is 18.3. The number of carboxylic acid groups (broad SMARTS) is 1. The topological polar surface area (TPSA) is 138 Å². The first-order chi connectivity index (χ1) is 17.2. The van der Waals surface area contributed by atoms with E-state index < -0.39 is 16.0 Å². The average molecular weight is 513 g/mol. The molecule has 10 nitrogen and oxygen atoms in total. The number of carbonyl (C=O) groups is 1. The predicted octanol–water partition coefficient (Wildman–Crippen LogP) is 3.28. The summed E-state index contributed by atoms with van der Waals surface area (Å²) < 4.78 is 27.4. The monoisotopic (exact) mass is 512 g/mol. The summed E-state index contributed by atoms with van der Waals surface area (Å²) in [6.07, 6.45) is 7.90. The number of aromatic nitrogens is 3. The lowest BCUT2D eigenvalue weighted by Gasteiger charge is -2.21. The molecule has 0 unspecified atom stereocenters. The van der Waals surface area contributed by atoms with Gasteiger partial charge in [-0.3, -0.25) is 4.72 Å². The van der Waals surface area contributed by atoms with E-state index in [0.29, 0.717) is 18.9 Å². The molecule has 11 heteroatoms. The van der Waals surface area contributed by atoms with Gasteiger partial charge in [0.1, 0.15) is 5.82 Å². The Morgan fingerprint density at radius 2 is 2.00 bits per heavy atom. The lowest BCUT2D eigenvalue weighted by molar-refractivity contribution is 0.0698. The van der Waals surface area contributed by atoms with Crippen molar-refractivity contribution in [2.75, 3.05) is 22.8 Å². The van der Waals surface area contributed by atoms with Gasteiger partial charge in [-0.05, 0) is 69.7 Å². The van der Waals surface area contributed by atoms with E-state index in [4.69, 9.17) is 10.1 Å². The van der Waals surface area contributed by atoms with Gasteiger partial charge in [0.2, 0.25) is 10.0 Å². The van der Waals surface area contributed by atoms with Crippen LogP contribution in [0.3, 0.4) is 0 Å². The smallest absolute Gasteiger partial charge is 0.337 e. The lowest BCUT2D eigenvalue weighted by atomic mass is 10.0. The van der Waals surface area contributed by atoms with E-state index in [-0.39, 0.29) is 17.3 Å². The van der Waals surface area contributed by atoms with Gasteiger partial charge >= 0.3 is 5.97 Å². The van der Waals surface area contributed by atoms with Crippen LogP contribution in [0.4, 0.5) is 11.5 Å². The number of hydrogen-bond acceptors (Lipinski definition) is 7. The van der Waals surface area contributed by atoms with E-state index in [1.54, 1.807) is 6.07 Å². The third kappa shape index (κ3) is 5.46. The van der Waals surface area contributed by atoms with Crippen molar-refractivity contribution >= 4 is 33.1 Å². The van der Waals surface area contributed by atoms with E-state index in [9.17, 15) is 18.3 Å². The summed E-state index contributed by atoms with van der Waals surface area (Å²) in [6.45, 7) is 3.00. The highest BCUT2D eigenvalue weighted by Crippen LogP contribution is 2.31. The molecule has 36 heavy (non-hydrogen) atoms.